The lowest BCUT2D eigenvalue weighted by molar-refractivity contribution is -0.137. The second-order valence-corrected chi connectivity index (χ2v) is 11.6. The summed E-state index contributed by atoms with van der Waals surface area (Å²) in [6.07, 6.45) is 5.63. The molecule has 1 aromatic heterocycles. The van der Waals surface area contributed by atoms with E-state index in [1.807, 2.05) is 28.0 Å². The Morgan fingerprint density at radius 3 is 2.55 bits per heavy atom. The fourth-order valence-corrected chi connectivity index (χ4v) is 5.39. The van der Waals surface area contributed by atoms with Gasteiger partial charge >= 0.3 is 0 Å². The highest BCUT2D eigenvalue weighted by molar-refractivity contribution is 5.98. The van der Waals surface area contributed by atoms with Gasteiger partial charge in [0.2, 0.25) is 11.8 Å². The zero-order valence-corrected chi connectivity index (χ0v) is 22.9. The number of nitrogens with zero attached hydrogens (tertiary/aromatic N) is 4. The van der Waals surface area contributed by atoms with Crippen molar-refractivity contribution in [1.82, 2.24) is 25.0 Å². The van der Waals surface area contributed by atoms with E-state index >= 15 is 0 Å². The lowest BCUT2D eigenvalue weighted by Crippen LogP contribution is -2.48. The molecule has 0 aliphatic carbocycles. The van der Waals surface area contributed by atoms with E-state index in [2.05, 4.69) is 43.2 Å². The highest BCUT2D eigenvalue weighted by Gasteiger charge is 2.44. The third-order valence-corrected chi connectivity index (χ3v) is 7.31. The van der Waals surface area contributed by atoms with Gasteiger partial charge in [-0.25, -0.2) is 0 Å². The van der Waals surface area contributed by atoms with E-state index in [4.69, 9.17) is 0 Å². The minimum Gasteiger partial charge on any atom is -0.340 e. The Hall–Kier alpha value is -3.26. The molecule has 0 radical (unpaired) electrons. The summed E-state index contributed by atoms with van der Waals surface area (Å²) in [4.78, 5) is 50.7. The maximum Gasteiger partial charge on any atom is 0.256 e. The van der Waals surface area contributed by atoms with Crippen LogP contribution in [0, 0.1) is 5.41 Å². The molecule has 1 aromatic carbocycles. The van der Waals surface area contributed by atoms with Crippen molar-refractivity contribution in [3.05, 3.63) is 66.0 Å². The van der Waals surface area contributed by atoms with Gasteiger partial charge in [-0.1, -0.05) is 51.1 Å². The monoisotopic (exact) mass is 519 g/mol. The molecule has 1 N–H and O–H groups in total. The van der Waals surface area contributed by atoms with Gasteiger partial charge in [0, 0.05) is 51.5 Å². The van der Waals surface area contributed by atoms with Crippen molar-refractivity contribution in [3.8, 4) is 0 Å². The van der Waals surface area contributed by atoms with Crippen molar-refractivity contribution < 1.29 is 14.4 Å². The van der Waals surface area contributed by atoms with Crippen LogP contribution in [0.15, 0.2) is 54.9 Å². The van der Waals surface area contributed by atoms with E-state index in [9.17, 15) is 14.4 Å². The minimum atomic E-state index is -0.604. The van der Waals surface area contributed by atoms with Crippen molar-refractivity contribution in [2.24, 2.45) is 5.41 Å². The average Bonchev–Trinajstić information content (AvgIpc) is 3.14. The topological polar surface area (TPSA) is 85.9 Å². The summed E-state index contributed by atoms with van der Waals surface area (Å²) >= 11 is 0. The zero-order chi connectivity index (χ0) is 27.1. The van der Waals surface area contributed by atoms with Crippen LogP contribution in [-0.4, -0.2) is 88.8 Å². The van der Waals surface area contributed by atoms with E-state index in [-0.39, 0.29) is 29.2 Å². The quantitative estimate of drug-likeness (QED) is 0.608. The molecule has 2 saturated heterocycles. The maximum atomic E-state index is 13.8. The lowest BCUT2D eigenvalue weighted by atomic mass is 9.91. The first-order valence-electron chi connectivity index (χ1n) is 13.8. The van der Waals surface area contributed by atoms with E-state index in [1.165, 1.54) is 0 Å². The number of benzene rings is 1. The average molecular weight is 520 g/mol. The van der Waals surface area contributed by atoms with Crippen molar-refractivity contribution in [2.75, 3.05) is 39.3 Å². The highest BCUT2D eigenvalue weighted by atomic mass is 16.2. The number of carbonyl (C=O) groups excluding carboxylic acids is 3. The summed E-state index contributed by atoms with van der Waals surface area (Å²) < 4.78 is 0. The number of carbonyl (C=O) groups is 3. The number of amides is 3. The van der Waals surface area contributed by atoms with Crippen LogP contribution in [0.2, 0.25) is 0 Å². The van der Waals surface area contributed by atoms with Gasteiger partial charge in [-0.3, -0.25) is 19.4 Å². The Kier molecular flexibility index (Phi) is 9.15. The van der Waals surface area contributed by atoms with Gasteiger partial charge in [0.15, 0.2) is 0 Å². The van der Waals surface area contributed by atoms with Gasteiger partial charge in [-0.05, 0) is 48.9 Å². The second kappa shape index (κ2) is 12.5. The Bertz CT molecular complexity index is 1080. The van der Waals surface area contributed by atoms with Crippen LogP contribution in [-0.2, 0) is 16.0 Å². The predicted molar refractivity (Wildman–Crippen MR) is 147 cm³/mol. The van der Waals surface area contributed by atoms with E-state index in [0.29, 0.717) is 44.6 Å². The van der Waals surface area contributed by atoms with Crippen LogP contribution in [0.1, 0.15) is 56.0 Å². The fourth-order valence-electron chi connectivity index (χ4n) is 5.39. The van der Waals surface area contributed by atoms with Gasteiger partial charge < -0.3 is 20.0 Å². The number of hydrogen-bond acceptors (Lipinski definition) is 5. The molecule has 38 heavy (non-hydrogen) atoms. The Morgan fingerprint density at radius 1 is 1.05 bits per heavy atom. The smallest absolute Gasteiger partial charge is 0.256 e. The largest absolute Gasteiger partial charge is 0.340 e. The number of aromatic nitrogens is 1. The van der Waals surface area contributed by atoms with E-state index in [0.717, 1.165) is 31.5 Å². The van der Waals surface area contributed by atoms with Crippen LogP contribution in [0.25, 0.3) is 0 Å². The van der Waals surface area contributed by atoms with Crippen LogP contribution in [0.4, 0.5) is 0 Å². The summed E-state index contributed by atoms with van der Waals surface area (Å²) in [6.45, 7) is 9.98. The molecule has 2 atom stereocenters. The summed E-state index contributed by atoms with van der Waals surface area (Å²) in [6, 6.07) is 12.8. The third kappa shape index (κ3) is 7.19. The zero-order valence-electron chi connectivity index (χ0n) is 22.9. The standard InChI is InChI=1S/C30H41N5O3/c1-30(2,3)20-27(36)34(17-12-23-9-5-4-6-10-23)25-19-26(29(38)33-16-8-14-31-15-18-33)35(22-25)28(37)24-11-7-13-32-21-24/h4-7,9-11,13,21,25-26,31H,8,12,14-20,22H2,1-3H3. The molecular weight excluding hydrogens is 478 g/mol. The second-order valence-electron chi connectivity index (χ2n) is 11.6. The third-order valence-electron chi connectivity index (χ3n) is 7.31. The molecular formula is C30H41N5O3. The molecule has 8 nitrogen and oxygen atoms in total. The minimum absolute atomic E-state index is 0.0280. The van der Waals surface area contributed by atoms with Crippen LogP contribution >= 0.6 is 0 Å². The highest BCUT2D eigenvalue weighted by Crippen LogP contribution is 2.29. The summed E-state index contributed by atoms with van der Waals surface area (Å²) in [5, 5.41) is 3.34. The fraction of sp³-hybridized carbons (Fsp3) is 0.533. The molecule has 0 saturated carbocycles. The molecule has 2 unspecified atom stereocenters. The van der Waals surface area contributed by atoms with E-state index in [1.54, 1.807) is 29.4 Å². The van der Waals surface area contributed by atoms with Gasteiger partial charge in [0.1, 0.15) is 6.04 Å². The number of rotatable bonds is 7. The van der Waals surface area contributed by atoms with Gasteiger partial charge in [0.25, 0.3) is 5.91 Å². The number of pyridine rings is 1. The molecule has 2 fully saturated rings. The van der Waals surface area contributed by atoms with Crippen molar-refractivity contribution in [2.45, 2.75) is 58.5 Å². The Morgan fingerprint density at radius 2 is 1.84 bits per heavy atom. The normalized spacial score (nSPS) is 20.2. The van der Waals surface area contributed by atoms with Crippen molar-refractivity contribution in [1.29, 1.82) is 0 Å². The van der Waals surface area contributed by atoms with Crippen LogP contribution in [0.3, 0.4) is 0 Å². The van der Waals surface area contributed by atoms with Crippen molar-refractivity contribution >= 4 is 17.7 Å². The Balaban J connectivity index is 1.61. The molecule has 0 spiro atoms. The molecule has 4 rings (SSSR count). The summed E-state index contributed by atoms with van der Waals surface area (Å²) in [5.74, 6) is -0.169. The predicted octanol–water partition coefficient (Wildman–Crippen LogP) is 2.99. The molecule has 204 valence electrons. The molecule has 3 amide bonds. The van der Waals surface area contributed by atoms with E-state index < -0.39 is 6.04 Å². The molecule has 2 aliphatic rings. The van der Waals surface area contributed by atoms with Crippen LogP contribution < -0.4 is 5.32 Å². The first kappa shape index (κ1) is 27.8. The lowest BCUT2D eigenvalue weighted by Gasteiger charge is -2.32. The molecule has 2 aromatic rings. The summed E-state index contributed by atoms with van der Waals surface area (Å²) in [5.41, 5.74) is 1.45. The number of hydrogen-bond donors (Lipinski definition) is 1. The van der Waals surface area contributed by atoms with Crippen molar-refractivity contribution in [3.63, 3.8) is 0 Å². The molecule has 8 heteroatoms. The number of likely N-dealkylation sites (tertiary alicyclic amines) is 1. The Labute approximate surface area is 226 Å². The van der Waals surface area contributed by atoms with Gasteiger partial charge in [0.05, 0.1) is 11.6 Å². The first-order chi connectivity index (χ1) is 18.2. The van der Waals surface area contributed by atoms with Gasteiger partial charge in [-0.2, -0.15) is 0 Å². The first-order valence-corrected chi connectivity index (χ1v) is 13.8. The molecule has 3 heterocycles. The summed E-state index contributed by atoms with van der Waals surface area (Å²) in [7, 11) is 0. The molecule has 2 aliphatic heterocycles. The maximum absolute atomic E-state index is 13.8. The van der Waals surface area contributed by atoms with Gasteiger partial charge in [-0.15, -0.1) is 0 Å². The molecule has 0 bridgehead atoms. The van der Waals surface area contributed by atoms with Crippen LogP contribution in [0.5, 0.6) is 0 Å². The SMILES string of the molecule is CC(C)(C)CC(=O)N(CCc1ccccc1)C1CC(C(=O)N2CCCNCC2)N(C(=O)c2cccnc2)C1. The number of nitrogens with one attached hydrogen (secondary N) is 1.